The largest absolute Gasteiger partial charge is 0.304 e. The number of benzene rings is 1. The van der Waals surface area contributed by atoms with Crippen LogP contribution in [0.5, 0.6) is 0 Å². The van der Waals surface area contributed by atoms with Gasteiger partial charge in [0, 0.05) is 11.5 Å². The standard InChI is InChI=1S/C10H13F2NO/c1-10(2,6-14-13)8-4-3-7(11)5-9(8)12/h3-5H,6,13H2,1-2H3. The molecule has 0 saturated carbocycles. The van der Waals surface area contributed by atoms with Gasteiger partial charge in [0.15, 0.2) is 0 Å². The first kappa shape index (κ1) is 11.1. The van der Waals surface area contributed by atoms with Gasteiger partial charge in [0.25, 0.3) is 0 Å². The third-order valence-corrected chi connectivity index (χ3v) is 2.10. The molecule has 1 aromatic rings. The molecule has 0 atom stereocenters. The molecule has 78 valence electrons. The van der Waals surface area contributed by atoms with Gasteiger partial charge >= 0.3 is 0 Å². The summed E-state index contributed by atoms with van der Waals surface area (Å²) in [6.45, 7) is 3.72. The van der Waals surface area contributed by atoms with Crippen molar-refractivity contribution in [2.24, 2.45) is 5.90 Å². The van der Waals surface area contributed by atoms with Crippen LogP contribution < -0.4 is 5.90 Å². The van der Waals surface area contributed by atoms with Gasteiger partial charge in [-0.1, -0.05) is 19.9 Å². The molecule has 0 bridgehead atoms. The predicted molar refractivity (Wildman–Crippen MR) is 49.5 cm³/mol. The molecular formula is C10H13F2NO. The lowest BCUT2D eigenvalue weighted by Crippen LogP contribution is -2.27. The molecule has 2 N–H and O–H groups in total. The highest BCUT2D eigenvalue weighted by Crippen LogP contribution is 2.26. The van der Waals surface area contributed by atoms with Crippen molar-refractivity contribution in [2.75, 3.05) is 6.61 Å². The molecule has 1 rings (SSSR count). The Morgan fingerprint density at radius 1 is 1.36 bits per heavy atom. The monoisotopic (exact) mass is 201 g/mol. The minimum absolute atomic E-state index is 0.176. The molecule has 0 aliphatic rings. The van der Waals surface area contributed by atoms with Crippen molar-refractivity contribution in [2.45, 2.75) is 19.3 Å². The van der Waals surface area contributed by atoms with Crippen molar-refractivity contribution >= 4 is 0 Å². The minimum Gasteiger partial charge on any atom is -0.304 e. The highest BCUT2D eigenvalue weighted by molar-refractivity contribution is 5.26. The van der Waals surface area contributed by atoms with Crippen molar-refractivity contribution in [3.8, 4) is 0 Å². The van der Waals surface area contributed by atoms with Gasteiger partial charge in [-0.05, 0) is 11.6 Å². The molecule has 0 spiro atoms. The zero-order valence-electron chi connectivity index (χ0n) is 8.18. The van der Waals surface area contributed by atoms with Crippen LogP contribution in [-0.2, 0) is 10.3 Å². The van der Waals surface area contributed by atoms with Crippen molar-refractivity contribution in [1.29, 1.82) is 0 Å². The van der Waals surface area contributed by atoms with Crippen LogP contribution >= 0.6 is 0 Å². The van der Waals surface area contributed by atoms with E-state index >= 15 is 0 Å². The van der Waals surface area contributed by atoms with Gasteiger partial charge in [-0.3, -0.25) is 0 Å². The molecule has 0 saturated heterocycles. The van der Waals surface area contributed by atoms with Gasteiger partial charge in [0.05, 0.1) is 6.61 Å². The molecule has 2 nitrogen and oxygen atoms in total. The van der Waals surface area contributed by atoms with Crippen LogP contribution in [-0.4, -0.2) is 6.61 Å². The van der Waals surface area contributed by atoms with Gasteiger partial charge in [0.1, 0.15) is 11.6 Å². The van der Waals surface area contributed by atoms with Crippen LogP contribution in [0.3, 0.4) is 0 Å². The number of hydrogen-bond donors (Lipinski definition) is 1. The molecule has 14 heavy (non-hydrogen) atoms. The maximum Gasteiger partial charge on any atom is 0.129 e. The summed E-state index contributed by atoms with van der Waals surface area (Å²) in [5.74, 6) is 3.77. The summed E-state index contributed by atoms with van der Waals surface area (Å²) in [4.78, 5) is 4.49. The minimum atomic E-state index is -0.587. The SMILES string of the molecule is CC(C)(CON)c1ccc(F)cc1F. The zero-order valence-corrected chi connectivity index (χ0v) is 8.18. The van der Waals surface area contributed by atoms with Crippen molar-refractivity contribution in [3.05, 3.63) is 35.4 Å². The number of nitrogens with two attached hydrogens (primary N) is 1. The fourth-order valence-electron chi connectivity index (χ4n) is 1.32. The lowest BCUT2D eigenvalue weighted by atomic mass is 9.85. The van der Waals surface area contributed by atoms with E-state index in [0.29, 0.717) is 5.56 Å². The molecule has 0 heterocycles. The Morgan fingerprint density at radius 3 is 2.50 bits per heavy atom. The Hall–Kier alpha value is -1.00. The van der Waals surface area contributed by atoms with Crippen LogP contribution in [0.15, 0.2) is 18.2 Å². The molecule has 0 unspecified atom stereocenters. The third kappa shape index (κ3) is 2.27. The van der Waals surface area contributed by atoms with E-state index in [1.165, 1.54) is 12.1 Å². The van der Waals surface area contributed by atoms with E-state index in [9.17, 15) is 8.78 Å². The Balaban J connectivity index is 3.06. The van der Waals surface area contributed by atoms with Crippen LogP contribution in [0.2, 0.25) is 0 Å². The second kappa shape index (κ2) is 4.02. The molecule has 0 amide bonds. The van der Waals surface area contributed by atoms with Crippen molar-refractivity contribution < 1.29 is 13.6 Å². The Labute approximate surface area is 81.6 Å². The lowest BCUT2D eigenvalue weighted by Gasteiger charge is -2.24. The van der Waals surface area contributed by atoms with Crippen LogP contribution in [0, 0.1) is 11.6 Å². The van der Waals surface area contributed by atoms with E-state index in [0.717, 1.165) is 6.07 Å². The second-order valence-electron chi connectivity index (χ2n) is 3.82. The van der Waals surface area contributed by atoms with Crippen LogP contribution in [0.4, 0.5) is 8.78 Å². The summed E-state index contributed by atoms with van der Waals surface area (Å²) in [5.41, 5.74) is -0.170. The van der Waals surface area contributed by atoms with E-state index in [4.69, 9.17) is 5.90 Å². The maximum absolute atomic E-state index is 13.3. The normalized spacial score (nSPS) is 11.8. The summed E-state index contributed by atoms with van der Waals surface area (Å²) in [5, 5.41) is 0. The van der Waals surface area contributed by atoms with E-state index in [1.807, 2.05) is 0 Å². The molecule has 0 fully saturated rings. The molecule has 0 aliphatic heterocycles. The first-order valence-corrected chi connectivity index (χ1v) is 4.24. The summed E-state index contributed by atoms with van der Waals surface area (Å²) in [6.07, 6.45) is 0. The Bertz CT molecular complexity index is 326. The average Bonchev–Trinajstić information content (AvgIpc) is 2.02. The number of halogens is 2. The molecule has 4 heteroatoms. The predicted octanol–water partition coefficient (Wildman–Crippen LogP) is 2.13. The fraction of sp³-hybridized carbons (Fsp3) is 0.400. The smallest absolute Gasteiger partial charge is 0.129 e. The van der Waals surface area contributed by atoms with Gasteiger partial charge in [-0.25, -0.2) is 14.7 Å². The average molecular weight is 201 g/mol. The summed E-state index contributed by atoms with van der Waals surface area (Å²) in [6, 6.07) is 3.48. The van der Waals surface area contributed by atoms with Crippen LogP contribution in [0.1, 0.15) is 19.4 Å². The first-order valence-electron chi connectivity index (χ1n) is 4.24. The summed E-state index contributed by atoms with van der Waals surface area (Å²) >= 11 is 0. The topological polar surface area (TPSA) is 35.2 Å². The van der Waals surface area contributed by atoms with Crippen LogP contribution in [0.25, 0.3) is 0 Å². The highest BCUT2D eigenvalue weighted by Gasteiger charge is 2.24. The molecular weight excluding hydrogens is 188 g/mol. The summed E-state index contributed by atoms with van der Waals surface area (Å²) < 4.78 is 26.0. The van der Waals surface area contributed by atoms with E-state index in [1.54, 1.807) is 13.8 Å². The van der Waals surface area contributed by atoms with Crippen molar-refractivity contribution in [3.63, 3.8) is 0 Å². The van der Waals surface area contributed by atoms with E-state index < -0.39 is 17.0 Å². The Morgan fingerprint density at radius 2 is 2.00 bits per heavy atom. The van der Waals surface area contributed by atoms with Gasteiger partial charge in [-0.15, -0.1) is 0 Å². The first-order chi connectivity index (χ1) is 6.47. The second-order valence-corrected chi connectivity index (χ2v) is 3.82. The van der Waals surface area contributed by atoms with Gasteiger partial charge < -0.3 is 4.84 Å². The molecule has 0 aromatic heterocycles. The summed E-state index contributed by atoms with van der Waals surface area (Å²) in [7, 11) is 0. The maximum atomic E-state index is 13.3. The zero-order chi connectivity index (χ0) is 10.8. The fourth-order valence-corrected chi connectivity index (χ4v) is 1.32. The Kier molecular flexibility index (Phi) is 3.18. The van der Waals surface area contributed by atoms with Gasteiger partial charge in [-0.2, -0.15) is 0 Å². The number of hydrogen-bond acceptors (Lipinski definition) is 2. The highest BCUT2D eigenvalue weighted by atomic mass is 19.1. The van der Waals surface area contributed by atoms with Gasteiger partial charge in [0.2, 0.25) is 0 Å². The lowest BCUT2D eigenvalue weighted by molar-refractivity contribution is 0.0950. The molecule has 0 radical (unpaired) electrons. The molecule has 1 aromatic carbocycles. The van der Waals surface area contributed by atoms with Crippen molar-refractivity contribution in [1.82, 2.24) is 0 Å². The molecule has 0 aliphatic carbocycles. The number of rotatable bonds is 3. The third-order valence-electron chi connectivity index (χ3n) is 2.10. The van der Waals surface area contributed by atoms with E-state index in [2.05, 4.69) is 4.84 Å². The quantitative estimate of drug-likeness (QED) is 0.760. The van der Waals surface area contributed by atoms with E-state index in [-0.39, 0.29) is 6.61 Å².